The Kier molecular flexibility index (Phi) is 36.5. The van der Waals surface area contributed by atoms with E-state index in [-0.39, 0.29) is 35.5 Å². The Labute approximate surface area is 709 Å². The molecule has 4 aromatic carbocycles. The number of hydrogen-bond donors (Lipinski definition) is 3. The summed E-state index contributed by atoms with van der Waals surface area (Å²) in [7, 11) is 0. The number of aromatic nitrogens is 1. The Morgan fingerprint density at radius 2 is 0.632 bits per heavy atom. The van der Waals surface area contributed by atoms with Crippen molar-refractivity contribution in [1.29, 1.82) is 0 Å². The quantitative estimate of drug-likeness (QED) is 0.0265. The van der Waals surface area contributed by atoms with Crippen LogP contribution in [0.5, 0.6) is 17.2 Å². The van der Waals surface area contributed by atoms with Crippen LogP contribution in [0.15, 0.2) is 129 Å². The van der Waals surface area contributed by atoms with Crippen LogP contribution in [0.1, 0.15) is 433 Å². The molecule has 0 saturated heterocycles. The van der Waals surface area contributed by atoms with E-state index in [0.29, 0.717) is 37.4 Å². The minimum absolute atomic E-state index is 0.145. The maximum absolute atomic E-state index is 11.1. The second-order valence-corrected chi connectivity index (χ2v) is 37.0. The lowest BCUT2D eigenvalue weighted by Gasteiger charge is -2.23. The van der Waals surface area contributed by atoms with Crippen molar-refractivity contribution in [2.24, 2.45) is 15.0 Å². The number of unbranched alkanes of at least 4 members (excludes halogenated alkanes) is 27. The van der Waals surface area contributed by atoms with Crippen LogP contribution in [0, 0.1) is 23.7 Å². The summed E-state index contributed by atoms with van der Waals surface area (Å²) in [6.07, 6.45) is 49.8. The van der Waals surface area contributed by atoms with Crippen molar-refractivity contribution in [3.05, 3.63) is 192 Å². The molecule has 0 spiro atoms. The number of hydrogen-bond acceptors (Lipinski definition) is 8. The Balaban J connectivity index is 1.31. The lowest BCUT2D eigenvalue weighted by atomic mass is 9.87. The zero-order chi connectivity index (χ0) is 84.2. The van der Waals surface area contributed by atoms with Crippen molar-refractivity contribution in [3.63, 3.8) is 0 Å². The normalized spacial score (nSPS) is 14.3. The third kappa shape index (κ3) is 27.3. The molecule has 0 unspecified atom stereocenters. The summed E-state index contributed by atoms with van der Waals surface area (Å²) in [6, 6.07) is 24.8. The average molecular weight is 1580 g/mol. The van der Waals surface area contributed by atoms with Crippen LogP contribution >= 0.6 is 0 Å². The number of fused-ring (bicyclic) bond motifs is 5. The fraction of sp³-hybridized carbons (Fsp3) is 0.565. The van der Waals surface area contributed by atoms with Crippen LogP contribution in [-0.2, 0) is 0 Å². The van der Waals surface area contributed by atoms with Crippen LogP contribution in [0.25, 0.3) is 22.3 Å². The molecule has 3 N–H and O–H groups in total. The van der Waals surface area contributed by atoms with Crippen LogP contribution in [0.4, 0.5) is 0 Å². The number of H-pyrrole nitrogens is 1. The van der Waals surface area contributed by atoms with E-state index < -0.39 is 11.2 Å². The summed E-state index contributed by atoms with van der Waals surface area (Å²) in [5.41, 5.74) is 18.5. The third-order valence-electron chi connectivity index (χ3n) is 23.3. The molecule has 0 fully saturated rings. The minimum atomic E-state index is -1.27. The number of aliphatic hydroxyl groups is 2. The van der Waals surface area contributed by atoms with Gasteiger partial charge in [0.1, 0.15) is 28.5 Å². The van der Waals surface area contributed by atoms with E-state index in [1.807, 2.05) is 6.07 Å². The topological polar surface area (TPSA) is 121 Å². The number of aromatic amines is 1. The molecule has 9 nitrogen and oxygen atoms in total. The van der Waals surface area contributed by atoms with E-state index in [0.717, 1.165) is 139 Å². The molecule has 117 heavy (non-hydrogen) atoms. The first kappa shape index (κ1) is 92.9. The van der Waals surface area contributed by atoms with E-state index in [2.05, 4.69) is 224 Å². The Bertz CT molecular complexity index is 4520. The van der Waals surface area contributed by atoms with Gasteiger partial charge in [-0.2, -0.15) is 0 Å². The van der Waals surface area contributed by atoms with E-state index in [4.69, 9.17) is 29.2 Å². The van der Waals surface area contributed by atoms with Crippen molar-refractivity contribution >= 4 is 39.4 Å². The summed E-state index contributed by atoms with van der Waals surface area (Å²) in [5.74, 6) is 16.8. The van der Waals surface area contributed by atoms with Gasteiger partial charge in [0, 0.05) is 50.5 Å². The van der Waals surface area contributed by atoms with E-state index in [1.54, 1.807) is 27.7 Å². The zero-order valence-electron chi connectivity index (χ0n) is 76.2. The van der Waals surface area contributed by atoms with Crippen molar-refractivity contribution in [2.45, 2.75) is 377 Å². The first-order chi connectivity index (χ1) is 56.2. The van der Waals surface area contributed by atoms with Crippen molar-refractivity contribution in [2.75, 3.05) is 19.8 Å². The zero-order valence-corrected chi connectivity index (χ0v) is 76.2. The molecule has 9 heteroatoms. The number of allylic oxidation sites excluding steroid dienone is 7. The Morgan fingerprint density at radius 3 is 0.940 bits per heavy atom. The van der Waals surface area contributed by atoms with Gasteiger partial charge >= 0.3 is 0 Å². The smallest absolute Gasteiger partial charge is 0.126 e. The van der Waals surface area contributed by atoms with Crippen molar-refractivity contribution in [1.82, 2.24) is 4.98 Å². The molecule has 4 aliphatic heterocycles. The lowest BCUT2D eigenvalue weighted by molar-refractivity contribution is 0.143. The second-order valence-electron chi connectivity index (χ2n) is 37.0. The molecule has 5 heterocycles. The first-order valence-electron chi connectivity index (χ1n) is 46.5. The number of aliphatic imine (C=N–C) groups is 3. The summed E-state index contributed by atoms with van der Waals surface area (Å²) >= 11 is 0. The number of nitrogens with zero attached hydrogens (tertiary/aromatic N) is 3. The van der Waals surface area contributed by atoms with E-state index in [1.165, 1.54) is 194 Å². The number of ether oxygens (including phenoxy) is 3. The molecule has 0 amide bonds. The molecule has 8 bridgehead atoms. The Hall–Kier alpha value is -7.95. The molecule has 1 aromatic heterocycles. The summed E-state index contributed by atoms with van der Waals surface area (Å²) < 4.78 is 21.3. The van der Waals surface area contributed by atoms with Crippen LogP contribution in [0.2, 0.25) is 0 Å². The number of rotatable bonds is 46. The van der Waals surface area contributed by atoms with Gasteiger partial charge in [-0.1, -0.05) is 307 Å². The summed E-state index contributed by atoms with van der Waals surface area (Å²) in [4.78, 5) is 22.0. The SMILES string of the molecule is CCCCCCCCCCCCOc1c(C(C)C)cc(C2=C3C=CC(=N3)C(c3cc(C(C)C)c(OCCCCCCCCCCCC)c(C(C)C)c3)=c3ccc([nH]3)=C(c3cc(C#CC(C)(C)O)cc(C#CC(C)(C)O)c3)C3=NC(=C(c4cc(C(C)C)c(OCCCCCCCCCCCC)c(C(C)C)c4)C4=NC2=CC4)C=C3)cc1C(C)C. The van der Waals surface area contributed by atoms with Gasteiger partial charge in [-0.15, -0.1) is 0 Å². The molecule has 0 radical (unpaired) electrons. The molecule has 4 aliphatic rings. The van der Waals surface area contributed by atoms with Crippen molar-refractivity contribution in [3.8, 4) is 40.9 Å². The molecular weight excluding hydrogens is 1430 g/mol. The fourth-order valence-corrected chi connectivity index (χ4v) is 16.7. The highest BCUT2D eigenvalue weighted by Gasteiger charge is 2.32. The minimum Gasteiger partial charge on any atom is -0.493 e. The maximum atomic E-state index is 11.1. The van der Waals surface area contributed by atoms with Gasteiger partial charge in [0.25, 0.3) is 0 Å². The fourth-order valence-electron chi connectivity index (χ4n) is 16.7. The van der Waals surface area contributed by atoms with Gasteiger partial charge in [-0.3, -0.25) is 4.99 Å². The van der Waals surface area contributed by atoms with E-state index in [9.17, 15) is 10.2 Å². The molecule has 0 atom stereocenters. The van der Waals surface area contributed by atoms with E-state index >= 15 is 0 Å². The molecule has 0 saturated carbocycles. The molecule has 5 aromatic rings. The van der Waals surface area contributed by atoms with Gasteiger partial charge in [0.05, 0.1) is 54.0 Å². The van der Waals surface area contributed by atoms with Gasteiger partial charge in [0.2, 0.25) is 0 Å². The lowest BCUT2D eigenvalue weighted by Crippen LogP contribution is -2.21. The highest BCUT2D eigenvalue weighted by Crippen LogP contribution is 2.47. The predicted molar refractivity (Wildman–Crippen MR) is 501 cm³/mol. The highest BCUT2D eigenvalue weighted by atomic mass is 16.5. The van der Waals surface area contributed by atoms with Gasteiger partial charge in [-0.25, -0.2) is 9.98 Å². The summed E-state index contributed by atoms with van der Waals surface area (Å²) in [6.45, 7) is 43.3. The molecular formula is C108H150N4O5. The number of nitrogens with one attached hydrogen (secondary N) is 1. The second kappa shape index (κ2) is 46.0. The molecule has 0 aliphatic carbocycles. The predicted octanol–water partition coefficient (Wildman–Crippen LogP) is 27.9. The average Bonchev–Trinajstić information content (AvgIpc) is 1.62. The van der Waals surface area contributed by atoms with Gasteiger partial charge in [0.15, 0.2) is 0 Å². The monoisotopic (exact) mass is 1580 g/mol. The standard InChI is InChI=1S/C108H150N4O5/c1-20-23-26-29-32-35-38-41-44-47-62-115-104-86(74(4)5)68-83(69-87(104)75(6)7)101-94-52-50-92(109-94)100(82-66-80(58-60-107(16,17)113)65-81(67-82)59-61-108(18,19)114)93-51-53-95(110-93)102(84-70-88(76(8)9)105(89(71-84)77(10)11)116-63-48-45-42-39-36-33-30-27-24-21-2)97-55-57-99(112-97)103(98-56-54-96(101)111-98)85-72-90(78(12)13)106(91(73-85)79(14)15)117-64-49-46-43-40-37-34-31-28-25-22-3/h50-54,56-57,65-79,109,113-114H,20-49,55,62-64H2,1-19H3. The van der Waals surface area contributed by atoms with Crippen LogP contribution < -0.4 is 24.9 Å². The van der Waals surface area contributed by atoms with Crippen molar-refractivity contribution < 1.29 is 24.4 Å². The third-order valence-corrected chi connectivity index (χ3v) is 23.3. The maximum Gasteiger partial charge on any atom is 0.126 e. The largest absolute Gasteiger partial charge is 0.493 e. The van der Waals surface area contributed by atoms with Gasteiger partial charge in [-0.05, 0) is 229 Å². The highest BCUT2D eigenvalue weighted by molar-refractivity contribution is 6.34. The Morgan fingerprint density at radius 1 is 0.350 bits per heavy atom. The molecule has 632 valence electrons. The first-order valence-corrected chi connectivity index (χ1v) is 46.5. The van der Waals surface area contributed by atoms with Crippen LogP contribution in [0.3, 0.4) is 0 Å². The number of benzene rings is 4. The summed E-state index contributed by atoms with van der Waals surface area (Å²) in [5, 5.41) is 24.0. The van der Waals surface area contributed by atoms with Crippen LogP contribution in [-0.4, -0.2) is 63.4 Å². The molecule has 9 rings (SSSR count). The van der Waals surface area contributed by atoms with Gasteiger partial charge < -0.3 is 29.4 Å².